The number of carbonyl (C=O) groups is 1. The third kappa shape index (κ3) is 6.92. The van der Waals surface area contributed by atoms with Crippen molar-refractivity contribution in [2.24, 2.45) is 0 Å². The second-order valence-corrected chi connectivity index (χ2v) is 6.96. The van der Waals surface area contributed by atoms with E-state index in [9.17, 15) is 14.9 Å². The Morgan fingerprint density at radius 2 is 1.90 bits per heavy atom. The average molecular weight is 450 g/mol. The summed E-state index contributed by atoms with van der Waals surface area (Å²) in [4.78, 5) is 24.5. The van der Waals surface area contributed by atoms with E-state index in [0.29, 0.717) is 28.6 Å². The minimum absolute atomic E-state index is 0.0961. The first-order valence-corrected chi connectivity index (χ1v) is 10.0. The van der Waals surface area contributed by atoms with E-state index >= 15 is 0 Å². The van der Waals surface area contributed by atoms with Crippen LogP contribution in [-0.4, -0.2) is 42.0 Å². The summed E-state index contributed by atoms with van der Waals surface area (Å²) in [6.45, 7) is 7.38. The fraction of sp³-hybridized carbons (Fsp3) is 0.286. The molecule has 0 fully saturated rings. The van der Waals surface area contributed by atoms with Crippen LogP contribution in [0.3, 0.4) is 0 Å². The quantitative estimate of drug-likeness (QED) is 0.361. The highest BCUT2D eigenvalue weighted by Crippen LogP contribution is 2.27. The zero-order valence-electron chi connectivity index (χ0n) is 16.6. The lowest BCUT2D eigenvalue weighted by Gasteiger charge is -2.18. The Bertz CT molecular complexity index is 982. The zero-order chi connectivity index (χ0) is 22.1. The van der Waals surface area contributed by atoms with E-state index in [0.717, 1.165) is 19.6 Å². The molecule has 2 aromatic carbocycles. The summed E-state index contributed by atoms with van der Waals surface area (Å²) in [6.07, 6.45) is 0. The summed E-state index contributed by atoms with van der Waals surface area (Å²) in [5.41, 5.74) is 0.627. The van der Waals surface area contributed by atoms with Crippen molar-refractivity contribution in [1.82, 2.24) is 4.90 Å². The molecule has 0 aliphatic heterocycles. The molecule has 1 amide bonds. The first-order chi connectivity index (χ1) is 14.3. The van der Waals surface area contributed by atoms with Crippen molar-refractivity contribution in [2.75, 3.05) is 31.6 Å². The van der Waals surface area contributed by atoms with E-state index in [2.05, 4.69) is 35.9 Å². The fourth-order valence-corrected chi connectivity index (χ4v) is 2.98. The van der Waals surface area contributed by atoms with E-state index < -0.39 is 10.8 Å². The number of nitro benzene ring substituents is 1. The molecule has 9 heteroatoms. The summed E-state index contributed by atoms with van der Waals surface area (Å²) < 4.78 is 5.70. The number of rotatable bonds is 8. The van der Waals surface area contributed by atoms with E-state index in [1.807, 2.05) is 0 Å². The third-order valence-corrected chi connectivity index (χ3v) is 4.83. The number of hydrogen-bond acceptors (Lipinski definition) is 5. The van der Waals surface area contributed by atoms with Crippen molar-refractivity contribution in [3.05, 3.63) is 62.1 Å². The topological polar surface area (TPSA) is 84.7 Å². The summed E-state index contributed by atoms with van der Waals surface area (Å²) in [7, 11) is 0. The largest absolute Gasteiger partial charge is 0.491 e. The Kier molecular flexibility index (Phi) is 8.93. The fourth-order valence-electron chi connectivity index (χ4n) is 2.53. The highest BCUT2D eigenvalue weighted by molar-refractivity contribution is 6.32. The SMILES string of the molecule is CCN(CC)CCOc1ccc(NC(=O)C#Cc2ccc([N+](=O)[O-])cc2Cl)cc1Cl. The Morgan fingerprint density at radius 1 is 1.17 bits per heavy atom. The first kappa shape index (κ1) is 23.5. The Hall–Kier alpha value is -2.79. The van der Waals surface area contributed by atoms with E-state index in [1.54, 1.807) is 18.2 Å². The number of amides is 1. The molecule has 0 saturated heterocycles. The maximum Gasteiger partial charge on any atom is 0.300 e. The monoisotopic (exact) mass is 449 g/mol. The van der Waals surface area contributed by atoms with Gasteiger partial charge in [0.25, 0.3) is 5.69 Å². The molecule has 2 aromatic rings. The summed E-state index contributed by atoms with van der Waals surface area (Å²) in [6, 6.07) is 8.77. The molecule has 30 heavy (non-hydrogen) atoms. The average Bonchev–Trinajstić information content (AvgIpc) is 2.71. The highest BCUT2D eigenvalue weighted by atomic mass is 35.5. The lowest BCUT2D eigenvalue weighted by molar-refractivity contribution is -0.384. The number of nitrogens with zero attached hydrogens (tertiary/aromatic N) is 2. The summed E-state index contributed by atoms with van der Waals surface area (Å²) in [5, 5.41) is 13.8. The maximum atomic E-state index is 12.1. The van der Waals surface area contributed by atoms with Gasteiger partial charge in [-0.1, -0.05) is 43.0 Å². The minimum Gasteiger partial charge on any atom is -0.491 e. The number of anilines is 1. The molecule has 0 saturated carbocycles. The molecule has 0 aromatic heterocycles. The van der Waals surface area contributed by atoms with Crippen LogP contribution in [0.2, 0.25) is 10.0 Å². The van der Waals surface area contributed by atoms with Crippen LogP contribution in [0.1, 0.15) is 19.4 Å². The third-order valence-electron chi connectivity index (χ3n) is 4.22. The summed E-state index contributed by atoms with van der Waals surface area (Å²) in [5.74, 6) is 4.95. The molecule has 0 spiro atoms. The van der Waals surface area contributed by atoms with Crippen molar-refractivity contribution in [3.63, 3.8) is 0 Å². The lowest BCUT2D eigenvalue weighted by Crippen LogP contribution is -2.27. The Morgan fingerprint density at radius 3 is 2.50 bits per heavy atom. The van der Waals surface area contributed by atoms with Crippen molar-refractivity contribution in [3.8, 4) is 17.6 Å². The van der Waals surface area contributed by atoms with E-state index in [-0.39, 0.29) is 10.7 Å². The lowest BCUT2D eigenvalue weighted by atomic mass is 10.2. The predicted octanol–water partition coefficient (Wildman–Crippen LogP) is 4.61. The van der Waals surface area contributed by atoms with Crippen LogP contribution in [0.25, 0.3) is 0 Å². The van der Waals surface area contributed by atoms with Crippen molar-refractivity contribution in [1.29, 1.82) is 0 Å². The Balaban J connectivity index is 1.97. The van der Waals surface area contributed by atoms with Crippen LogP contribution < -0.4 is 10.1 Å². The number of carbonyl (C=O) groups excluding carboxylic acids is 1. The molecule has 7 nitrogen and oxygen atoms in total. The minimum atomic E-state index is -0.573. The predicted molar refractivity (Wildman–Crippen MR) is 118 cm³/mol. The van der Waals surface area contributed by atoms with Crippen molar-refractivity contribution >= 4 is 40.5 Å². The van der Waals surface area contributed by atoms with Crippen LogP contribution >= 0.6 is 23.2 Å². The first-order valence-electron chi connectivity index (χ1n) is 9.25. The van der Waals surface area contributed by atoms with Crippen LogP contribution in [0, 0.1) is 22.0 Å². The number of likely N-dealkylation sites (N-methyl/N-ethyl adjacent to an activating group) is 1. The van der Waals surface area contributed by atoms with Gasteiger partial charge in [-0.25, -0.2) is 0 Å². The van der Waals surface area contributed by atoms with Gasteiger partial charge >= 0.3 is 5.91 Å². The standard InChI is InChI=1S/C21H21Cl2N3O4/c1-3-25(4-2)11-12-30-20-9-7-16(13-19(20)23)24-21(27)10-6-15-5-8-17(26(28)29)14-18(15)22/h5,7-9,13-14H,3-4,11-12H2,1-2H3,(H,24,27). The molecular formula is C21H21Cl2N3O4. The van der Waals surface area contributed by atoms with Crippen LogP contribution in [-0.2, 0) is 4.79 Å². The second-order valence-electron chi connectivity index (χ2n) is 6.15. The number of hydrogen-bond donors (Lipinski definition) is 1. The van der Waals surface area contributed by atoms with Crippen molar-refractivity contribution < 1.29 is 14.5 Å². The molecule has 0 aliphatic carbocycles. The van der Waals surface area contributed by atoms with Gasteiger partial charge in [0.15, 0.2) is 0 Å². The van der Waals surface area contributed by atoms with Crippen LogP contribution in [0.4, 0.5) is 11.4 Å². The molecule has 0 unspecified atom stereocenters. The number of nitrogens with one attached hydrogen (secondary N) is 1. The molecule has 158 valence electrons. The van der Waals surface area contributed by atoms with Gasteiger partial charge in [0.2, 0.25) is 0 Å². The summed E-state index contributed by atoms with van der Waals surface area (Å²) >= 11 is 12.2. The molecular weight excluding hydrogens is 429 g/mol. The van der Waals surface area contributed by atoms with Gasteiger partial charge < -0.3 is 15.0 Å². The van der Waals surface area contributed by atoms with Crippen LogP contribution in [0.5, 0.6) is 5.75 Å². The molecule has 0 aliphatic rings. The van der Waals surface area contributed by atoms with E-state index in [4.69, 9.17) is 27.9 Å². The normalized spacial score (nSPS) is 10.3. The molecule has 0 heterocycles. The number of ether oxygens (including phenoxy) is 1. The van der Waals surface area contributed by atoms with Gasteiger partial charge in [-0.3, -0.25) is 14.9 Å². The van der Waals surface area contributed by atoms with E-state index in [1.165, 1.54) is 18.2 Å². The Labute approximate surface area is 185 Å². The smallest absolute Gasteiger partial charge is 0.300 e. The highest BCUT2D eigenvalue weighted by Gasteiger charge is 2.09. The van der Waals surface area contributed by atoms with Gasteiger partial charge in [-0.2, -0.15) is 0 Å². The zero-order valence-corrected chi connectivity index (χ0v) is 18.1. The molecule has 0 bridgehead atoms. The second kappa shape index (κ2) is 11.4. The number of halogens is 2. The molecule has 2 rings (SSSR count). The van der Waals surface area contributed by atoms with Gasteiger partial charge in [0.1, 0.15) is 12.4 Å². The van der Waals surface area contributed by atoms with Crippen LogP contribution in [0.15, 0.2) is 36.4 Å². The van der Waals surface area contributed by atoms with Crippen molar-refractivity contribution in [2.45, 2.75) is 13.8 Å². The maximum absolute atomic E-state index is 12.1. The van der Waals surface area contributed by atoms with Gasteiger partial charge in [-0.15, -0.1) is 0 Å². The molecule has 1 N–H and O–H groups in total. The molecule has 0 atom stereocenters. The molecule has 0 radical (unpaired) electrons. The number of non-ortho nitro benzene ring substituents is 1. The van der Waals surface area contributed by atoms with Gasteiger partial charge in [0, 0.05) is 35.8 Å². The van der Waals surface area contributed by atoms with Gasteiger partial charge in [-0.05, 0) is 37.4 Å². The number of benzene rings is 2. The number of nitro groups is 1. The van der Waals surface area contributed by atoms with Gasteiger partial charge in [0.05, 0.1) is 15.0 Å².